The van der Waals surface area contributed by atoms with Gasteiger partial charge in [0.1, 0.15) is 0 Å². The van der Waals surface area contributed by atoms with E-state index >= 15 is 0 Å². The van der Waals surface area contributed by atoms with Crippen LogP contribution in [0.25, 0.3) is 0 Å². The van der Waals surface area contributed by atoms with Gasteiger partial charge in [-0.3, -0.25) is 0 Å². The van der Waals surface area contributed by atoms with Crippen LogP contribution in [0.2, 0.25) is 0 Å². The van der Waals surface area contributed by atoms with Crippen LogP contribution in [0.1, 0.15) is 0 Å². The molecule has 0 saturated heterocycles. The van der Waals surface area contributed by atoms with Gasteiger partial charge in [-0.25, -0.2) is 0 Å². The minimum atomic E-state index is -4.24. The van der Waals surface area contributed by atoms with Crippen molar-refractivity contribution in [3.63, 3.8) is 0 Å². The van der Waals surface area contributed by atoms with Crippen LogP contribution in [-0.4, -0.2) is 0 Å². The van der Waals surface area contributed by atoms with Crippen molar-refractivity contribution in [1.29, 1.82) is 0 Å². The van der Waals surface area contributed by atoms with E-state index in [9.17, 15) is 0 Å². The van der Waals surface area contributed by atoms with Crippen molar-refractivity contribution in [3.05, 3.63) is 0 Å². The van der Waals surface area contributed by atoms with E-state index in [2.05, 4.69) is 0 Å². The van der Waals surface area contributed by atoms with Gasteiger partial charge >= 0.3 is 56.9 Å². The Morgan fingerprint density at radius 1 is 0.667 bits per heavy atom. The predicted octanol–water partition coefficient (Wildman–Crippen LogP) is 3.44. The Bertz CT molecular complexity index is 37.1. The van der Waals surface area contributed by atoms with E-state index in [0.717, 1.165) is 0 Å². The molecule has 0 N–H and O–H groups in total. The molecular weight excluding hydrogens is 369 g/mol. The standard InChI is InChI=1S/5ClH.Ir/h5*1H;/q;;;;;+5/p-5. The average molecular weight is 369 g/mol. The Kier molecular flexibility index (Phi) is 2.44. The van der Waals surface area contributed by atoms with Crippen molar-refractivity contribution >= 4 is 47.9 Å². The summed E-state index contributed by atoms with van der Waals surface area (Å²) in [5.41, 5.74) is 0. The molecule has 0 unspecified atom stereocenters. The van der Waals surface area contributed by atoms with Crippen molar-refractivity contribution in [2.24, 2.45) is 0 Å². The van der Waals surface area contributed by atoms with Crippen LogP contribution in [0, 0.1) is 0 Å². The zero-order valence-corrected chi connectivity index (χ0v) is 8.40. The van der Waals surface area contributed by atoms with Crippen molar-refractivity contribution < 1.29 is 9.02 Å². The van der Waals surface area contributed by atoms with Gasteiger partial charge in [-0.1, -0.05) is 0 Å². The van der Waals surface area contributed by atoms with Gasteiger partial charge in [-0.15, -0.1) is 0 Å². The molecule has 0 spiro atoms. The minimum absolute atomic E-state index is 4.24. The topological polar surface area (TPSA) is 0 Å². The monoisotopic (exact) mass is 368 g/mol. The molecule has 0 nitrogen and oxygen atoms in total. The van der Waals surface area contributed by atoms with E-state index in [1.807, 2.05) is 0 Å². The molecule has 0 fully saturated rings. The first kappa shape index (κ1) is 8.10. The van der Waals surface area contributed by atoms with Crippen LogP contribution in [-0.2, 0) is 9.02 Å². The van der Waals surface area contributed by atoms with Crippen LogP contribution in [0.3, 0.4) is 0 Å². The molecule has 0 saturated carbocycles. The summed E-state index contributed by atoms with van der Waals surface area (Å²) in [6.07, 6.45) is 0. The molecule has 6 heteroatoms. The molecule has 0 aromatic rings. The molecule has 0 aromatic carbocycles. The summed E-state index contributed by atoms with van der Waals surface area (Å²) in [7, 11) is 21.0. The first-order valence-electron chi connectivity index (χ1n) is 0.630. The normalized spacial score (nSPS) is 19.2. The second-order valence-corrected chi connectivity index (χ2v) is 35.1. The Hall–Kier alpha value is 2.10. The number of halogens is 5. The van der Waals surface area contributed by atoms with E-state index in [0.29, 0.717) is 0 Å². The maximum absolute atomic E-state index is 5.04. The van der Waals surface area contributed by atoms with Crippen LogP contribution < -0.4 is 0 Å². The first-order chi connectivity index (χ1) is 2.24. The fourth-order valence-electron chi connectivity index (χ4n) is 0. The van der Waals surface area contributed by atoms with E-state index < -0.39 is 9.02 Å². The molecule has 0 radical (unpaired) electrons. The van der Waals surface area contributed by atoms with Gasteiger partial charge in [-0.05, 0) is 0 Å². The molecule has 0 bridgehead atoms. The molecule has 0 heterocycles. The van der Waals surface area contributed by atoms with Gasteiger partial charge in [0, 0.05) is 0 Å². The van der Waals surface area contributed by atoms with Crippen molar-refractivity contribution in [2.45, 2.75) is 0 Å². The summed E-state index contributed by atoms with van der Waals surface area (Å²) in [4.78, 5) is 0. The third-order valence-corrected chi connectivity index (χ3v) is 0. The van der Waals surface area contributed by atoms with E-state index in [1.165, 1.54) is 0 Å². The summed E-state index contributed by atoms with van der Waals surface area (Å²) in [6.45, 7) is 0. The molecule has 44 valence electrons. The first-order valence-corrected chi connectivity index (χ1v) is 15.5. The molecule has 0 aliphatic heterocycles. The fourth-order valence-corrected chi connectivity index (χ4v) is 0. The summed E-state index contributed by atoms with van der Waals surface area (Å²) >= 11 is 0. The summed E-state index contributed by atoms with van der Waals surface area (Å²) < 4.78 is 0. The predicted molar refractivity (Wildman–Crippen MR) is 29.3 cm³/mol. The molecule has 0 rings (SSSR count). The molecule has 0 aliphatic carbocycles. The number of hydrogen-bond donors (Lipinski definition) is 0. The fraction of sp³-hybridized carbons (Fsp3) is 0. The van der Waals surface area contributed by atoms with Gasteiger partial charge in [0.15, 0.2) is 0 Å². The SMILES string of the molecule is [Cl][Ir]([Cl])([Cl])([Cl])[Cl]. The Morgan fingerprint density at radius 2 is 0.667 bits per heavy atom. The van der Waals surface area contributed by atoms with Gasteiger partial charge in [0.05, 0.1) is 0 Å². The Labute approximate surface area is 56.4 Å². The van der Waals surface area contributed by atoms with Crippen LogP contribution in [0.15, 0.2) is 0 Å². The van der Waals surface area contributed by atoms with Crippen molar-refractivity contribution in [3.8, 4) is 0 Å². The second kappa shape index (κ2) is 1.80. The number of rotatable bonds is 0. The average Bonchev–Trinajstić information content (AvgIpc) is 0.650. The second-order valence-electron chi connectivity index (χ2n) is 0.476. The van der Waals surface area contributed by atoms with Crippen LogP contribution in [0.5, 0.6) is 0 Å². The van der Waals surface area contributed by atoms with Gasteiger partial charge in [0.25, 0.3) is 0 Å². The van der Waals surface area contributed by atoms with Crippen molar-refractivity contribution in [2.75, 3.05) is 0 Å². The summed E-state index contributed by atoms with van der Waals surface area (Å²) in [6, 6.07) is 0. The third kappa shape index (κ3) is 36.0. The van der Waals surface area contributed by atoms with Gasteiger partial charge in [0.2, 0.25) is 0 Å². The summed E-state index contributed by atoms with van der Waals surface area (Å²) in [5, 5.41) is 0. The van der Waals surface area contributed by atoms with E-state index in [1.54, 1.807) is 0 Å². The van der Waals surface area contributed by atoms with Crippen molar-refractivity contribution in [1.82, 2.24) is 0 Å². The quantitative estimate of drug-likeness (QED) is 0.614. The number of hydrogen-bond acceptors (Lipinski definition) is 0. The van der Waals surface area contributed by atoms with Gasteiger partial charge in [-0.2, -0.15) is 0 Å². The molecule has 0 aliphatic rings. The van der Waals surface area contributed by atoms with E-state index in [-0.39, 0.29) is 0 Å². The molecule has 0 amide bonds. The Morgan fingerprint density at radius 3 is 0.667 bits per heavy atom. The summed E-state index contributed by atoms with van der Waals surface area (Å²) in [5.74, 6) is 0. The van der Waals surface area contributed by atoms with Crippen LogP contribution in [0.4, 0.5) is 0 Å². The van der Waals surface area contributed by atoms with Gasteiger partial charge < -0.3 is 0 Å². The maximum atomic E-state index is 5.04. The Balaban J connectivity index is 3.73. The zero-order valence-electron chi connectivity index (χ0n) is 2.22. The van der Waals surface area contributed by atoms with Crippen LogP contribution >= 0.6 is 47.9 Å². The molecule has 0 aromatic heterocycles. The van der Waals surface area contributed by atoms with E-state index in [4.69, 9.17) is 47.9 Å². The molecule has 6 heavy (non-hydrogen) atoms. The third-order valence-electron chi connectivity index (χ3n) is 0. The zero-order chi connectivity index (χ0) is 5.45. The molecule has 0 atom stereocenters. The molecular formula is Cl5Ir.